The highest BCUT2D eigenvalue weighted by molar-refractivity contribution is 5.35. The van der Waals surface area contributed by atoms with Gasteiger partial charge in [0.2, 0.25) is 0 Å². The normalized spacial score (nSPS) is 25.1. The molecule has 1 heteroatoms. The Bertz CT molecular complexity index is 233. The van der Waals surface area contributed by atoms with Crippen molar-refractivity contribution in [1.82, 2.24) is 4.90 Å². The van der Waals surface area contributed by atoms with Crippen molar-refractivity contribution in [2.45, 2.75) is 20.3 Å². The molecule has 0 aromatic rings. The Hall–Kier alpha value is -0.980. The largest absolute Gasteiger partial charge is 0.374 e. The standard InChI is InChI=1S/C11H17N/c1-4-6-7-10-8-9-12(3)11(10)5-2/h4-7H,8-9H2,1-3H3/b6-4-,10-7-,11-5+. The molecule has 1 nitrogen and oxygen atoms in total. The molecule has 66 valence electrons. The maximum absolute atomic E-state index is 2.30. The summed E-state index contributed by atoms with van der Waals surface area (Å²) in [5.41, 5.74) is 2.84. The van der Waals surface area contributed by atoms with Gasteiger partial charge in [0.15, 0.2) is 0 Å². The second-order valence-corrected chi connectivity index (χ2v) is 3.06. The van der Waals surface area contributed by atoms with Gasteiger partial charge in [0, 0.05) is 19.3 Å². The van der Waals surface area contributed by atoms with E-state index in [1.54, 1.807) is 0 Å². The van der Waals surface area contributed by atoms with Gasteiger partial charge in [-0.2, -0.15) is 0 Å². The van der Waals surface area contributed by atoms with Crippen LogP contribution in [0.5, 0.6) is 0 Å². The van der Waals surface area contributed by atoms with E-state index >= 15 is 0 Å². The molecule has 0 bridgehead atoms. The first kappa shape index (κ1) is 9.11. The van der Waals surface area contributed by atoms with Crippen LogP contribution in [0.1, 0.15) is 20.3 Å². The minimum absolute atomic E-state index is 1.16. The van der Waals surface area contributed by atoms with E-state index in [1.165, 1.54) is 17.7 Å². The summed E-state index contributed by atoms with van der Waals surface area (Å²) in [7, 11) is 2.14. The molecule has 0 radical (unpaired) electrons. The van der Waals surface area contributed by atoms with Crippen LogP contribution in [-0.4, -0.2) is 18.5 Å². The van der Waals surface area contributed by atoms with E-state index in [0.29, 0.717) is 0 Å². The molecule has 1 rings (SSSR count). The SMILES string of the molecule is C\C=C/C=C1/CCN(C)/C1=C/C. The molecule has 1 aliphatic heterocycles. The molecule has 0 amide bonds. The summed E-state index contributed by atoms with van der Waals surface area (Å²) in [6.45, 7) is 5.30. The highest BCUT2D eigenvalue weighted by Gasteiger charge is 2.16. The van der Waals surface area contributed by atoms with Gasteiger partial charge in [-0.3, -0.25) is 0 Å². The maximum Gasteiger partial charge on any atom is 0.0353 e. The summed E-state index contributed by atoms with van der Waals surface area (Å²) < 4.78 is 0. The van der Waals surface area contributed by atoms with E-state index in [9.17, 15) is 0 Å². The number of rotatable bonds is 1. The van der Waals surface area contributed by atoms with Gasteiger partial charge in [-0.15, -0.1) is 0 Å². The van der Waals surface area contributed by atoms with Crippen molar-refractivity contribution >= 4 is 0 Å². The van der Waals surface area contributed by atoms with Gasteiger partial charge < -0.3 is 4.90 Å². The fraction of sp³-hybridized carbons (Fsp3) is 0.455. The molecule has 0 spiro atoms. The predicted molar refractivity (Wildman–Crippen MR) is 53.9 cm³/mol. The zero-order valence-corrected chi connectivity index (χ0v) is 8.17. The van der Waals surface area contributed by atoms with E-state index in [-0.39, 0.29) is 0 Å². The molecule has 0 saturated carbocycles. The average Bonchev–Trinajstić information content (AvgIpc) is 2.43. The van der Waals surface area contributed by atoms with E-state index in [2.05, 4.69) is 43.2 Å². The Morgan fingerprint density at radius 2 is 2.08 bits per heavy atom. The summed E-state index contributed by atoms with van der Waals surface area (Å²) in [5.74, 6) is 0. The zero-order valence-electron chi connectivity index (χ0n) is 8.17. The van der Waals surface area contributed by atoms with Crippen LogP contribution in [-0.2, 0) is 0 Å². The molecular formula is C11H17N. The van der Waals surface area contributed by atoms with Crippen LogP contribution in [0.3, 0.4) is 0 Å². The van der Waals surface area contributed by atoms with Crippen LogP contribution in [0.4, 0.5) is 0 Å². The van der Waals surface area contributed by atoms with Crippen LogP contribution >= 0.6 is 0 Å². The van der Waals surface area contributed by atoms with E-state index in [0.717, 1.165) is 6.54 Å². The van der Waals surface area contributed by atoms with Crippen molar-refractivity contribution < 1.29 is 0 Å². The average molecular weight is 163 g/mol. The third-order valence-corrected chi connectivity index (χ3v) is 2.22. The van der Waals surface area contributed by atoms with Gasteiger partial charge >= 0.3 is 0 Å². The smallest absolute Gasteiger partial charge is 0.0353 e. The molecule has 12 heavy (non-hydrogen) atoms. The Morgan fingerprint density at radius 3 is 2.67 bits per heavy atom. The number of hydrogen-bond acceptors (Lipinski definition) is 1. The van der Waals surface area contributed by atoms with Gasteiger partial charge in [-0.05, 0) is 25.8 Å². The number of allylic oxidation sites excluding steroid dienone is 5. The summed E-state index contributed by atoms with van der Waals surface area (Å²) in [6, 6.07) is 0. The lowest BCUT2D eigenvalue weighted by atomic mass is 10.1. The van der Waals surface area contributed by atoms with Crippen molar-refractivity contribution in [2.75, 3.05) is 13.6 Å². The Kier molecular flexibility index (Phi) is 3.15. The number of likely N-dealkylation sites (tertiary alicyclic amines) is 1. The highest BCUT2D eigenvalue weighted by Crippen LogP contribution is 2.25. The molecule has 1 aliphatic rings. The van der Waals surface area contributed by atoms with Crippen LogP contribution in [0, 0.1) is 0 Å². The van der Waals surface area contributed by atoms with Crippen molar-refractivity contribution in [2.24, 2.45) is 0 Å². The molecule has 0 N–H and O–H groups in total. The van der Waals surface area contributed by atoms with Crippen LogP contribution in [0.25, 0.3) is 0 Å². The molecule has 1 heterocycles. The molecular weight excluding hydrogens is 146 g/mol. The molecule has 1 fully saturated rings. The van der Waals surface area contributed by atoms with Gasteiger partial charge in [0.05, 0.1) is 0 Å². The Morgan fingerprint density at radius 1 is 1.33 bits per heavy atom. The van der Waals surface area contributed by atoms with Crippen molar-refractivity contribution in [1.29, 1.82) is 0 Å². The second-order valence-electron chi connectivity index (χ2n) is 3.06. The summed E-state index contributed by atoms with van der Waals surface area (Å²) >= 11 is 0. The summed E-state index contributed by atoms with van der Waals surface area (Å²) in [5, 5.41) is 0. The molecule has 0 aromatic heterocycles. The van der Waals surface area contributed by atoms with E-state index in [1.807, 2.05) is 6.92 Å². The molecule has 0 aliphatic carbocycles. The van der Waals surface area contributed by atoms with E-state index < -0.39 is 0 Å². The first-order valence-electron chi connectivity index (χ1n) is 4.49. The summed E-state index contributed by atoms with van der Waals surface area (Å²) in [6.07, 6.45) is 9.75. The minimum atomic E-state index is 1.16. The van der Waals surface area contributed by atoms with E-state index in [4.69, 9.17) is 0 Å². The Labute approximate surface area is 75.1 Å². The van der Waals surface area contributed by atoms with Crippen LogP contribution in [0.15, 0.2) is 35.6 Å². The first-order valence-corrected chi connectivity index (χ1v) is 4.49. The van der Waals surface area contributed by atoms with Gasteiger partial charge in [-0.25, -0.2) is 0 Å². The molecule has 0 atom stereocenters. The lowest BCUT2D eigenvalue weighted by Gasteiger charge is -2.11. The first-order chi connectivity index (χ1) is 5.79. The van der Waals surface area contributed by atoms with Gasteiger partial charge in [0.25, 0.3) is 0 Å². The van der Waals surface area contributed by atoms with Crippen LogP contribution in [0.2, 0.25) is 0 Å². The summed E-state index contributed by atoms with van der Waals surface area (Å²) in [4.78, 5) is 2.30. The molecule has 0 aromatic carbocycles. The van der Waals surface area contributed by atoms with Gasteiger partial charge in [-0.1, -0.05) is 24.3 Å². The monoisotopic (exact) mass is 163 g/mol. The minimum Gasteiger partial charge on any atom is -0.374 e. The third-order valence-electron chi connectivity index (χ3n) is 2.22. The fourth-order valence-electron chi connectivity index (χ4n) is 1.57. The predicted octanol–water partition coefficient (Wildman–Crippen LogP) is 2.73. The van der Waals surface area contributed by atoms with Crippen molar-refractivity contribution in [3.63, 3.8) is 0 Å². The quantitative estimate of drug-likeness (QED) is 0.574. The lowest BCUT2D eigenvalue weighted by molar-refractivity contribution is 0.482. The fourth-order valence-corrected chi connectivity index (χ4v) is 1.57. The number of likely N-dealkylation sites (N-methyl/N-ethyl adjacent to an activating group) is 1. The lowest BCUT2D eigenvalue weighted by Crippen LogP contribution is -2.09. The van der Waals surface area contributed by atoms with Crippen molar-refractivity contribution in [3.05, 3.63) is 35.6 Å². The maximum atomic E-state index is 2.30. The van der Waals surface area contributed by atoms with Crippen molar-refractivity contribution in [3.8, 4) is 0 Å². The Balaban J connectivity index is 2.80. The van der Waals surface area contributed by atoms with Gasteiger partial charge in [0.1, 0.15) is 0 Å². The molecule has 1 saturated heterocycles. The number of nitrogens with zero attached hydrogens (tertiary/aromatic N) is 1. The second kappa shape index (κ2) is 4.15. The highest BCUT2D eigenvalue weighted by atomic mass is 15.1. The third kappa shape index (κ3) is 1.79. The zero-order chi connectivity index (χ0) is 8.97. The molecule has 0 unspecified atom stereocenters. The number of hydrogen-bond donors (Lipinski definition) is 0. The van der Waals surface area contributed by atoms with Crippen LogP contribution < -0.4 is 0 Å². The topological polar surface area (TPSA) is 3.24 Å².